The predicted octanol–water partition coefficient (Wildman–Crippen LogP) is 2.99. The second kappa shape index (κ2) is 4.81. The van der Waals surface area contributed by atoms with Crippen molar-refractivity contribution >= 4 is 5.78 Å². The SMILES string of the molecule is CCc1nn(C)cc1C(=O)CCC(C)(C)C. The van der Waals surface area contributed by atoms with Crippen LogP contribution in [0.1, 0.15) is 56.6 Å². The number of Topliss-reactive ketones (excluding diaryl/α,β-unsaturated/α-hetero) is 1. The molecule has 0 radical (unpaired) electrons. The van der Waals surface area contributed by atoms with Crippen LogP contribution in [-0.2, 0) is 13.5 Å². The molecule has 0 aromatic carbocycles. The van der Waals surface area contributed by atoms with Gasteiger partial charge in [-0.15, -0.1) is 0 Å². The van der Waals surface area contributed by atoms with E-state index in [9.17, 15) is 4.79 Å². The zero-order valence-electron chi connectivity index (χ0n) is 11.0. The lowest BCUT2D eigenvalue weighted by atomic mass is 9.88. The topological polar surface area (TPSA) is 34.9 Å². The number of carbonyl (C=O) groups excluding carboxylic acids is 1. The van der Waals surface area contributed by atoms with Crippen molar-refractivity contribution in [1.82, 2.24) is 9.78 Å². The lowest BCUT2D eigenvalue weighted by Gasteiger charge is -2.16. The van der Waals surface area contributed by atoms with E-state index in [0.29, 0.717) is 6.42 Å². The van der Waals surface area contributed by atoms with Crippen LogP contribution in [0.15, 0.2) is 6.20 Å². The van der Waals surface area contributed by atoms with Gasteiger partial charge in [0.2, 0.25) is 0 Å². The highest BCUT2D eigenvalue weighted by molar-refractivity contribution is 5.96. The van der Waals surface area contributed by atoms with Crippen LogP contribution in [0.2, 0.25) is 0 Å². The molecular formula is C13H22N2O. The third kappa shape index (κ3) is 3.47. The zero-order valence-corrected chi connectivity index (χ0v) is 11.0. The van der Waals surface area contributed by atoms with Crippen molar-refractivity contribution < 1.29 is 4.79 Å². The normalized spacial score (nSPS) is 11.8. The summed E-state index contributed by atoms with van der Waals surface area (Å²) in [6, 6.07) is 0. The van der Waals surface area contributed by atoms with Gasteiger partial charge in [-0.2, -0.15) is 5.10 Å². The number of nitrogens with zero attached hydrogens (tertiary/aromatic N) is 2. The number of aryl methyl sites for hydroxylation is 2. The molecule has 0 atom stereocenters. The van der Waals surface area contributed by atoms with Crippen molar-refractivity contribution in [2.75, 3.05) is 0 Å². The van der Waals surface area contributed by atoms with Crippen molar-refractivity contribution in [3.05, 3.63) is 17.5 Å². The first kappa shape index (κ1) is 12.9. The Morgan fingerprint density at radius 2 is 2.06 bits per heavy atom. The highest BCUT2D eigenvalue weighted by atomic mass is 16.1. The van der Waals surface area contributed by atoms with Gasteiger partial charge in [0.25, 0.3) is 0 Å². The molecule has 0 saturated carbocycles. The van der Waals surface area contributed by atoms with E-state index < -0.39 is 0 Å². The Balaban J connectivity index is 2.73. The summed E-state index contributed by atoms with van der Waals surface area (Å²) in [4.78, 5) is 12.0. The zero-order chi connectivity index (χ0) is 12.3. The van der Waals surface area contributed by atoms with Crippen LogP contribution >= 0.6 is 0 Å². The number of rotatable bonds is 4. The van der Waals surface area contributed by atoms with Crippen LogP contribution < -0.4 is 0 Å². The molecule has 0 saturated heterocycles. The van der Waals surface area contributed by atoms with Crippen molar-refractivity contribution in [2.24, 2.45) is 12.5 Å². The number of hydrogen-bond acceptors (Lipinski definition) is 2. The van der Waals surface area contributed by atoms with Crippen molar-refractivity contribution in [2.45, 2.75) is 47.0 Å². The van der Waals surface area contributed by atoms with Crippen molar-refractivity contribution in [3.8, 4) is 0 Å². The molecule has 0 aliphatic rings. The Labute approximate surface area is 97.8 Å². The number of aromatic nitrogens is 2. The third-order valence-electron chi connectivity index (χ3n) is 2.64. The summed E-state index contributed by atoms with van der Waals surface area (Å²) in [5.41, 5.74) is 1.93. The van der Waals surface area contributed by atoms with Gasteiger partial charge in [0, 0.05) is 19.7 Å². The van der Waals surface area contributed by atoms with E-state index in [0.717, 1.165) is 24.1 Å². The van der Waals surface area contributed by atoms with Gasteiger partial charge in [-0.05, 0) is 18.3 Å². The Morgan fingerprint density at radius 1 is 1.44 bits per heavy atom. The summed E-state index contributed by atoms with van der Waals surface area (Å²) in [6.45, 7) is 8.50. The van der Waals surface area contributed by atoms with E-state index in [-0.39, 0.29) is 11.2 Å². The summed E-state index contributed by atoms with van der Waals surface area (Å²) in [6.07, 6.45) is 4.19. The minimum Gasteiger partial charge on any atom is -0.294 e. The second-order valence-corrected chi connectivity index (χ2v) is 5.50. The highest BCUT2D eigenvalue weighted by Crippen LogP contribution is 2.22. The van der Waals surface area contributed by atoms with Gasteiger partial charge in [-0.3, -0.25) is 9.48 Å². The fourth-order valence-corrected chi connectivity index (χ4v) is 1.65. The maximum atomic E-state index is 12.0. The third-order valence-corrected chi connectivity index (χ3v) is 2.64. The standard InChI is InChI=1S/C13H22N2O/c1-6-11-10(9-15(5)14-11)12(16)7-8-13(2,3)4/h9H,6-8H2,1-5H3. The molecule has 0 bridgehead atoms. The molecule has 1 rings (SSSR count). The molecule has 3 nitrogen and oxygen atoms in total. The smallest absolute Gasteiger partial charge is 0.166 e. The number of ketones is 1. The molecule has 0 N–H and O–H groups in total. The summed E-state index contributed by atoms with van der Waals surface area (Å²) in [5.74, 6) is 0.222. The molecule has 0 spiro atoms. The molecule has 0 amide bonds. The molecule has 0 aliphatic carbocycles. The van der Waals surface area contributed by atoms with Crippen molar-refractivity contribution in [1.29, 1.82) is 0 Å². The second-order valence-electron chi connectivity index (χ2n) is 5.50. The van der Waals surface area contributed by atoms with Gasteiger partial charge in [0.05, 0.1) is 11.3 Å². The molecule has 1 aromatic heterocycles. The molecule has 0 unspecified atom stereocenters. The fourth-order valence-electron chi connectivity index (χ4n) is 1.65. The van der Waals surface area contributed by atoms with Crippen LogP contribution in [0.5, 0.6) is 0 Å². The predicted molar refractivity (Wildman–Crippen MR) is 65.6 cm³/mol. The molecule has 0 fully saturated rings. The van der Waals surface area contributed by atoms with Crippen LogP contribution in [0, 0.1) is 5.41 Å². The molecule has 90 valence electrons. The quantitative estimate of drug-likeness (QED) is 0.734. The van der Waals surface area contributed by atoms with Crippen LogP contribution in [-0.4, -0.2) is 15.6 Å². The highest BCUT2D eigenvalue weighted by Gasteiger charge is 2.17. The summed E-state index contributed by atoms with van der Waals surface area (Å²) >= 11 is 0. The first-order chi connectivity index (χ1) is 7.33. The van der Waals surface area contributed by atoms with Gasteiger partial charge in [0.15, 0.2) is 5.78 Å². The number of carbonyl (C=O) groups is 1. The van der Waals surface area contributed by atoms with Crippen LogP contribution in [0.3, 0.4) is 0 Å². The van der Waals surface area contributed by atoms with Gasteiger partial charge in [0.1, 0.15) is 0 Å². The fraction of sp³-hybridized carbons (Fsp3) is 0.692. The maximum Gasteiger partial charge on any atom is 0.166 e. The first-order valence-corrected chi connectivity index (χ1v) is 5.89. The molecule has 1 heterocycles. The minimum atomic E-state index is 0.213. The largest absolute Gasteiger partial charge is 0.294 e. The lowest BCUT2D eigenvalue weighted by Crippen LogP contribution is -2.09. The van der Waals surface area contributed by atoms with E-state index in [2.05, 4.69) is 25.9 Å². The van der Waals surface area contributed by atoms with E-state index in [1.807, 2.05) is 20.2 Å². The van der Waals surface area contributed by atoms with Crippen LogP contribution in [0.4, 0.5) is 0 Å². The van der Waals surface area contributed by atoms with E-state index in [4.69, 9.17) is 0 Å². The number of hydrogen-bond donors (Lipinski definition) is 0. The van der Waals surface area contributed by atoms with E-state index >= 15 is 0 Å². The van der Waals surface area contributed by atoms with E-state index in [1.165, 1.54) is 0 Å². The van der Waals surface area contributed by atoms with Crippen LogP contribution in [0.25, 0.3) is 0 Å². The Kier molecular flexibility index (Phi) is 3.89. The van der Waals surface area contributed by atoms with Gasteiger partial charge < -0.3 is 0 Å². The molecule has 1 aromatic rings. The van der Waals surface area contributed by atoms with E-state index in [1.54, 1.807) is 4.68 Å². The molecular weight excluding hydrogens is 200 g/mol. The molecule has 3 heteroatoms. The average molecular weight is 222 g/mol. The summed E-state index contributed by atoms with van der Waals surface area (Å²) in [5, 5.41) is 4.29. The maximum absolute atomic E-state index is 12.0. The first-order valence-electron chi connectivity index (χ1n) is 5.89. The Hall–Kier alpha value is -1.12. The van der Waals surface area contributed by atoms with Gasteiger partial charge >= 0.3 is 0 Å². The van der Waals surface area contributed by atoms with Gasteiger partial charge in [-0.25, -0.2) is 0 Å². The monoisotopic (exact) mass is 222 g/mol. The Morgan fingerprint density at radius 3 is 2.56 bits per heavy atom. The summed E-state index contributed by atoms with van der Waals surface area (Å²) < 4.78 is 1.73. The lowest BCUT2D eigenvalue weighted by molar-refractivity contribution is 0.0965. The minimum absolute atomic E-state index is 0.213. The van der Waals surface area contributed by atoms with Gasteiger partial charge in [-0.1, -0.05) is 27.7 Å². The Bertz CT molecular complexity index is 372. The van der Waals surface area contributed by atoms with Crippen molar-refractivity contribution in [3.63, 3.8) is 0 Å². The average Bonchev–Trinajstić information content (AvgIpc) is 2.55. The molecule has 0 aliphatic heterocycles. The summed E-state index contributed by atoms with van der Waals surface area (Å²) in [7, 11) is 1.86. The molecule has 16 heavy (non-hydrogen) atoms.